The van der Waals surface area contributed by atoms with E-state index in [4.69, 9.17) is 0 Å². The lowest BCUT2D eigenvalue weighted by Gasteiger charge is -2.30. The number of fused-ring (bicyclic) bond motifs is 6. The fourth-order valence-corrected chi connectivity index (χ4v) is 5.22. The molecule has 0 amide bonds. The van der Waals surface area contributed by atoms with Gasteiger partial charge in [0, 0.05) is 28.5 Å². The van der Waals surface area contributed by atoms with Crippen molar-refractivity contribution in [1.82, 2.24) is 0 Å². The van der Waals surface area contributed by atoms with Crippen molar-refractivity contribution >= 4 is 22.4 Å². The van der Waals surface area contributed by atoms with Crippen LogP contribution in [0.2, 0.25) is 0 Å². The van der Waals surface area contributed by atoms with Crippen LogP contribution >= 0.6 is 0 Å². The lowest BCUT2D eigenvalue weighted by Crippen LogP contribution is -2.42. The number of rotatable bonds is 2. The van der Waals surface area contributed by atoms with Crippen LogP contribution in [0.4, 0.5) is 0 Å². The van der Waals surface area contributed by atoms with Crippen molar-refractivity contribution in [3.63, 3.8) is 0 Å². The van der Waals surface area contributed by atoms with E-state index in [0.717, 1.165) is 24.1 Å². The monoisotopic (exact) mass is 379 g/mol. The predicted octanol–water partition coefficient (Wildman–Crippen LogP) is 4.99. The van der Waals surface area contributed by atoms with Gasteiger partial charge in [0.2, 0.25) is 0 Å². The zero-order valence-corrected chi connectivity index (χ0v) is 17.9. The number of hydrogen-bond acceptors (Lipinski definition) is 0. The standard InChI is InChI=1S/C28H29N/c1-5-29(6-2)17-25-19(3)15-21-11-7-9-13-23(21)27(25)28-24-14-10-8-12-22(24)16-20(4)26(28)18-29/h7-17H,5-6,18H2,1-4H3/q+2. The average Bonchev–Trinajstić information content (AvgIpc) is 2.90. The molecule has 0 aromatic heterocycles. The molecular formula is C28H29N+2. The van der Waals surface area contributed by atoms with Crippen molar-refractivity contribution in [3.8, 4) is 0 Å². The van der Waals surface area contributed by atoms with Crippen LogP contribution < -0.4 is 10.4 Å². The minimum atomic E-state index is 0.998. The van der Waals surface area contributed by atoms with Crippen LogP contribution in [0.15, 0.2) is 66.4 Å². The molecule has 1 aliphatic heterocycles. The van der Waals surface area contributed by atoms with Crippen molar-refractivity contribution in [2.45, 2.75) is 34.2 Å². The van der Waals surface area contributed by atoms with Gasteiger partial charge in [-0.25, -0.2) is 0 Å². The molecule has 0 saturated heterocycles. The molecule has 1 heterocycles. The summed E-state index contributed by atoms with van der Waals surface area (Å²) in [6, 6.07) is 20.2. The van der Waals surface area contributed by atoms with Crippen LogP contribution in [-0.4, -0.2) is 17.6 Å². The van der Waals surface area contributed by atoms with Crippen LogP contribution in [0.3, 0.4) is 0 Å². The Balaban J connectivity index is 2.05. The van der Waals surface area contributed by atoms with E-state index in [-0.39, 0.29) is 0 Å². The second-order valence-corrected chi connectivity index (χ2v) is 8.61. The Morgan fingerprint density at radius 3 is 2.48 bits per heavy atom. The molecule has 0 saturated carbocycles. The normalized spacial score (nSPS) is 17.0. The van der Waals surface area contributed by atoms with Crippen LogP contribution in [-0.2, 0) is 6.54 Å². The minimum absolute atomic E-state index is 0.998. The summed E-state index contributed by atoms with van der Waals surface area (Å²) in [6.45, 7) is 12.5. The smallest absolute Gasteiger partial charge is 0.179 e. The van der Waals surface area contributed by atoms with Crippen LogP contribution in [0.25, 0.3) is 22.4 Å². The molecular weight excluding hydrogens is 350 g/mol. The maximum Gasteiger partial charge on any atom is 0.179 e. The largest absolute Gasteiger partial charge is 0.256 e. The Bertz CT molecular complexity index is 1270. The third-order valence-corrected chi connectivity index (χ3v) is 7.06. The Morgan fingerprint density at radius 1 is 0.966 bits per heavy atom. The Hall–Kier alpha value is -2.77. The molecule has 3 aromatic rings. The van der Waals surface area contributed by atoms with Crippen LogP contribution in [0.1, 0.15) is 37.5 Å². The average molecular weight is 380 g/mol. The molecule has 2 aliphatic rings. The molecule has 0 fully saturated rings. The van der Waals surface area contributed by atoms with Crippen molar-refractivity contribution in [2.24, 2.45) is 0 Å². The maximum atomic E-state index is 2.56. The van der Waals surface area contributed by atoms with Gasteiger partial charge in [0.05, 0.1) is 29.1 Å². The zero-order valence-electron chi connectivity index (χ0n) is 17.9. The van der Waals surface area contributed by atoms with E-state index in [1.54, 1.807) is 0 Å². The summed E-state index contributed by atoms with van der Waals surface area (Å²) in [5, 5.41) is 5.43. The fourth-order valence-electron chi connectivity index (χ4n) is 5.22. The second-order valence-electron chi connectivity index (χ2n) is 8.61. The second kappa shape index (κ2) is 6.64. The number of allylic oxidation sites excluding steroid dienone is 1. The lowest BCUT2D eigenvalue weighted by atomic mass is 9.80. The minimum Gasteiger partial charge on any atom is -0.256 e. The van der Waals surface area contributed by atoms with Gasteiger partial charge in [0.1, 0.15) is 6.54 Å². The van der Waals surface area contributed by atoms with Crippen molar-refractivity contribution < 1.29 is 4.48 Å². The number of hydrogen-bond donors (Lipinski definition) is 0. The summed E-state index contributed by atoms with van der Waals surface area (Å²) >= 11 is 0. The summed E-state index contributed by atoms with van der Waals surface area (Å²) in [7, 11) is 0. The third kappa shape index (κ3) is 2.68. The first-order chi connectivity index (χ1) is 14.1. The Kier molecular flexibility index (Phi) is 4.18. The molecule has 0 spiro atoms. The van der Waals surface area contributed by atoms with Gasteiger partial charge in [0.15, 0.2) is 11.8 Å². The molecule has 0 bridgehead atoms. The van der Waals surface area contributed by atoms with E-state index in [1.807, 2.05) is 0 Å². The summed E-state index contributed by atoms with van der Waals surface area (Å²) in [6.07, 6.45) is 4.93. The quantitative estimate of drug-likeness (QED) is 0.435. The zero-order chi connectivity index (χ0) is 20.2. The van der Waals surface area contributed by atoms with Crippen molar-refractivity contribution in [2.75, 3.05) is 13.1 Å². The van der Waals surface area contributed by atoms with Gasteiger partial charge in [-0.2, -0.15) is 0 Å². The van der Waals surface area contributed by atoms with E-state index in [2.05, 4.69) is 94.6 Å². The van der Waals surface area contributed by atoms with Gasteiger partial charge in [-0.1, -0.05) is 42.5 Å². The molecule has 144 valence electrons. The van der Waals surface area contributed by atoms with Gasteiger partial charge in [-0.15, -0.1) is 0 Å². The van der Waals surface area contributed by atoms with E-state index in [0.29, 0.717) is 0 Å². The molecule has 1 heteroatoms. The van der Waals surface area contributed by atoms with E-state index in [9.17, 15) is 0 Å². The van der Waals surface area contributed by atoms with Crippen LogP contribution in [0.5, 0.6) is 0 Å². The third-order valence-electron chi connectivity index (χ3n) is 7.06. The van der Waals surface area contributed by atoms with E-state index < -0.39 is 0 Å². The maximum absolute atomic E-state index is 2.56. The molecule has 29 heavy (non-hydrogen) atoms. The molecule has 1 aliphatic carbocycles. The number of nitrogens with zero attached hydrogens (tertiary/aromatic N) is 1. The van der Waals surface area contributed by atoms with Gasteiger partial charge in [-0.3, -0.25) is 4.48 Å². The van der Waals surface area contributed by atoms with Crippen molar-refractivity contribution in [1.29, 1.82) is 0 Å². The molecule has 0 unspecified atom stereocenters. The highest BCUT2D eigenvalue weighted by atomic mass is 15.3. The highest BCUT2D eigenvalue weighted by molar-refractivity contribution is 6.02. The Morgan fingerprint density at radius 2 is 1.69 bits per heavy atom. The molecule has 5 rings (SSSR count). The number of benzene rings is 3. The van der Waals surface area contributed by atoms with Gasteiger partial charge in [0.25, 0.3) is 0 Å². The highest BCUT2D eigenvalue weighted by Gasteiger charge is 2.39. The topological polar surface area (TPSA) is 0 Å². The van der Waals surface area contributed by atoms with Crippen molar-refractivity contribution in [3.05, 3.63) is 99.4 Å². The summed E-state index contributed by atoms with van der Waals surface area (Å²) in [5.41, 5.74) is 7.22. The first kappa shape index (κ1) is 18.3. The van der Waals surface area contributed by atoms with Gasteiger partial charge < -0.3 is 0 Å². The highest BCUT2D eigenvalue weighted by Crippen LogP contribution is 2.42. The molecule has 0 radical (unpaired) electrons. The van der Waals surface area contributed by atoms with Crippen LogP contribution in [0, 0.1) is 12.8 Å². The number of aryl methyl sites for hydroxylation is 1. The van der Waals surface area contributed by atoms with Gasteiger partial charge >= 0.3 is 0 Å². The molecule has 0 atom stereocenters. The number of quaternary nitrogens is 1. The summed E-state index contributed by atoms with van der Waals surface area (Å²) in [5.74, 6) is 1.38. The molecule has 3 aromatic carbocycles. The van der Waals surface area contributed by atoms with E-state index >= 15 is 0 Å². The SMILES string of the molecule is CC[N+]1(CC)C=C2C(=c3ccccc3=C[C+]2C)c2c(c(C)cc3ccccc23)C1. The van der Waals surface area contributed by atoms with Gasteiger partial charge in [-0.05, 0) is 50.8 Å². The molecule has 0 N–H and O–H groups in total. The summed E-state index contributed by atoms with van der Waals surface area (Å²) < 4.78 is 0.998. The summed E-state index contributed by atoms with van der Waals surface area (Å²) in [4.78, 5) is 0. The Labute approximate surface area is 173 Å². The lowest BCUT2D eigenvalue weighted by molar-refractivity contribution is -0.889. The fraction of sp³-hybridized carbons (Fsp3) is 0.250. The van der Waals surface area contributed by atoms with E-state index in [1.165, 1.54) is 55.0 Å². The predicted molar refractivity (Wildman–Crippen MR) is 123 cm³/mol. The molecule has 1 nitrogen and oxygen atoms in total. The first-order valence-corrected chi connectivity index (χ1v) is 10.8. The first-order valence-electron chi connectivity index (χ1n) is 10.8.